The summed E-state index contributed by atoms with van der Waals surface area (Å²) in [6.45, 7) is 12.9. The normalized spacial score (nSPS) is 17.5. The zero-order valence-electron chi connectivity index (χ0n) is 22.0. The molecule has 2 aliphatic rings. The van der Waals surface area contributed by atoms with E-state index in [9.17, 15) is 8.78 Å². The number of aromatic nitrogens is 3. The van der Waals surface area contributed by atoms with Crippen molar-refractivity contribution in [3.8, 4) is 5.75 Å². The summed E-state index contributed by atoms with van der Waals surface area (Å²) in [7, 11) is 0. The molecule has 202 valence electrons. The first-order valence-corrected chi connectivity index (χ1v) is 13.0. The number of halogens is 2. The average molecular weight is 525 g/mol. The van der Waals surface area contributed by atoms with Crippen LogP contribution in [0, 0.1) is 18.6 Å². The minimum Gasteiger partial charge on any atom is -0.468 e. The minimum absolute atomic E-state index is 0.124. The van der Waals surface area contributed by atoms with Crippen molar-refractivity contribution in [2.45, 2.75) is 45.6 Å². The smallest absolute Gasteiger partial charge is 0.181 e. The van der Waals surface area contributed by atoms with Crippen LogP contribution in [-0.2, 0) is 0 Å². The van der Waals surface area contributed by atoms with Gasteiger partial charge in [-0.2, -0.15) is 5.10 Å². The third-order valence-corrected chi connectivity index (χ3v) is 7.02. The Labute approximate surface area is 220 Å². The van der Waals surface area contributed by atoms with Gasteiger partial charge in [-0.1, -0.05) is 0 Å². The lowest BCUT2D eigenvalue weighted by Crippen LogP contribution is -2.50. The highest BCUT2D eigenvalue weighted by Crippen LogP contribution is 2.39. The maximum Gasteiger partial charge on any atom is 0.181 e. The molecular formula is C27H34F2N8O. The van der Waals surface area contributed by atoms with Gasteiger partial charge in [-0.25, -0.2) is 18.8 Å². The van der Waals surface area contributed by atoms with Gasteiger partial charge in [-0.15, -0.1) is 0 Å². The molecule has 0 bridgehead atoms. The summed E-state index contributed by atoms with van der Waals surface area (Å²) in [4.78, 5) is 16.1. The summed E-state index contributed by atoms with van der Waals surface area (Å²) in [6, 6.07) is 5.04. The summed E-state index contributed by atoms with van der Waals surface area (Å²) >= 11 is 0. The van der Waals surface area contributed by atoms with Crippen molar-refractivity contribution in [3.63, 3.8) is 0 Å². The predicted molar refractivity (Wildman–Crippen MR) is 146 cm³/mol. The highest BCUT2D eigenvalue weighted by atomic mass is 19.1. The number of benzene rings is 1. The molecule has 2 aromatic heterocycles. The van der Waals surface area contributed by atoms with Crippen LogP contribution in [0.15, 0.2) is 40.1 Å². The van der Waals surface area contributed by atoms with E-state index < -0.39 is 11.6 Å². The lowest BCUT2D eigenvalue weighted by Gasteiger charge is -2.38. The molecule has 0 atom stereocenters. The van der Waals surface area contributed by atoms with Gasteiger partial charge in [0.25, 0.3) is 0 Å². The highest BCUT2D eigenvalue weighted by molar-refractivity contribution is 5.94. The third-order valence-electron chi connectivity index (χ3n) is 7.02. The third kappa shape index (κ3) is 5.72. The summed E-state index contributed by atoms with van der Waals surface area (Å²) in [6.07, 6.45) is 4.12. The molecule has 3 N–H and O–H groups in total. The van der Waals surface area contributed by atoms with E-state index in [-0.39, 0.29) is 23.4 Å². The Morgan fingerprint density at radius 1 is 1.24 bits per heavy atom. The number of hydrogen-bond donors (Lipinski definition) is 3. The SMILES string of the molecule is C=N/C(=C\C(=N/COc1cc(F)c2[nH]c(C)cc2c1F)N1CCN(C(C)C)CC1)Nc1cc(C2CC2)[nH]n1. The van der Waals surface area contributed by atoms with E-state index in [1.54, 1.807) is 19.1 Å². The molecule has 0 radical (unpaired) electrons. The van der Waals surface area contributed by atoms with Crippen LogP contribution in [0.5, 0.6) is 5.75 Å². The Morgan fingerprint density at radius 3 is 2.68 bits per heavy atom. The van der Waals surface area contributed by atoms with Gasteiger partial charge in [0.05, 0.1) is 5.52 Å². The van der Waals surface area contributed by atoms with E-state index in [2.05, 4.69) is 60.8 Å². The number of ether oxygens (including phenoxy) is 1. The highest BCUT2D eigenvalue weighted by Gasteiger charge is 2.26. The van der Waals surface area contributed by atoms with Gasteiger partial charge < -0.3 is 19.9 Å². The summed E-state index contributed by atoms with van der Waals surface area (Å²) < 4.78 is 35.1. The van der Waals surface area contributed by atoms with E-state index in [1.165, 1.54) is 12.8 Å². The first-order chi connectivity index (χ1) is 18.3. The molecule has 1 aliphatic heterocycles. The summed E-state index contributed by atoms with van der Waals surface area (Å²) in [5.74, 6) is 0.904. The van der Waals surface area contributed by atoms with Crippen LogP contribution < -0.4 is 10.1 Å². The van der Waals surface area contributed by atoms with E-state index in [0.29, 0.717) is 35.1 Å². The molecule has 1 saturated carbocycles. The fourth-order valence-corrected chi connectivity index (χ4v) is 4.69. The van der Waals surface area contributed by atoms with Crippen molar-refractivity contribution < 1.29 is 13.5 Å². The standard InChI is InChI=1S/C27H34F2N8O/c1-16(2)36-7-9-37(10-8-36)25(14-23(30-4)33-24-13-21(34-35-24)18-5-6-18)31-15-38-22-12-20(28)27-19(26(22)29)11-17(3)32-27/h11-14,16,18,32H,4-10,15H2,1-3H3,(H2,33,34,35)/b23-14+,31-25+. The monoisotopic (exact) mass is 524 g/mol. The van der Waals surface area contributed by atoms with Gasteiger partial charge >= 0.3 is 0 Å². The lowest BCUT2D eigenvalue weighted by molar-refractivity contribution is 0.148. The Morgan fingerprint density at radius 2 is 2.00 bits per heavy atom. The van der Waals surface area contributed by atoms with Gasteiger partial charge in [0.1, 0.15) is 11.7 Å². The second-order valence-electron chi connectivity index (χ2n) is 10.1. The quantitative estimate of drug-likeness (QED) is 0.277. The maximum atomic E-state index is 15.0. The van der Waals surface area contributed by atoms with Crippen LogP contribution in [0.4, 0.5) is 14.6 Å². The molecule has 0 unspecified atom stereocenters. The second-order valence-corrected chi connectivity index (χ2v) is 10.1. The van der Waals surface area contributed by atoms with Gasteiger partial charge in [-0.3, -0.25) is 10.00 Å². The number of H-pyrrole nitrogens is 2. The van der Waals surface area contributed by atoms with Crippen molar-refractivity contribution in [3.05, 3.63) is 53.1 Å². The van der Waals surface area contributed by atoms with Gasteiger partial charge in [0, 0.05) is 73.1 Å². The van der Waals surface area contributed by atoms with E-state index >= 15 is 0 Å². The zero-order valence-corrected chi connectivity index (χ0v) is 22.0. The second kappa shape index (κ2) is 10.9. The van der Waals surface area contributed by atoms with Crippen LogP contribution in [0.3, 0.4) is 0 Å². The van der Waals surface area contributed by atoms with Crippen molar-refractivity contribution in [2.24, 2.45) is 9.98 Å². The average Bonchev–Trinajstić information content (AvgIpc) is 3.52. The number of aromatic amines is 2. The van der Waals surface area contributed by atoms with Crippen LogP contribution >= 0.6 is 0 Å². The van der Waals surface area contributed by atoms with E-state index in [0.717, 1.165) is 37.9 Å². The fraction of sp³-hybridized carbons (Fsp3) is 0.444. The molecule has 5 rings (SSSR count). The fourth-order valence-electron chi connectivity index (χ4n) is 4.69. The van der Waals surface area contributed by atoms with Crippen molar-refractivity contribution in [1.82, 2.24) is 25.0 Å². The molecule has 2 fully saturated rings. The molecule has 0 amide bonds. The minimum atomic E-state index is -0.622. The first-order valence-electron chi connectivity index (χ1n) is 13.0. The molecule has 9 nitrogen and oxygen atoms in total. The number of piperazine rings is 1. The van der Waals surface area contributed by atoms with Crippen molar-refractivity contribution >= 4 is 29.3 Å². The summed E-state index contributed by atoms with van der Waals surface area (Å²) in [5, 5.41) is 10.7. The van der Waals surface area contributed by atoms with Crippen LogP contribution in [-0.4, -0.2) is 76.5 Å². The molecule has 0 spiro atoms. The number of aryl methyl sites for hydroxylation is 1. The predicted octanol–water partition coefficient (Wildman–Crippen LogP) is 4.77. The lowest BCUT2D eigenvalue weighted by atomic mass is 10.2. The zero-order chi connectivity index (χ0) is 26.8. The van der Waals surface area contributed by atoms with Gasteiger partial charge in [0.2, 0.25) is 0 Å². The number of nitrogens with one attached hydrogen (secondary N) is 3. The number of amidine groups is 1. The summed E-state index contributed by atoms with van der Waals surface area (Å²) in [5.41, 5.74) is 1.89. The first kappa shape index (κ1) is 25.9. The van der Waals surface area contributed by atoms with Gasteiger partial charge in [-0.05, 0) is 46.4 Å². The van der Waals surface area contributed by atoms with E-state index in [4.69, 9.17) is 4.74 Å². The molecule has 1 aliphatic carbocycles. The molecule has 1 saturated heterocycles. The topological polar surface area (TPSA) is 96.9 Å². The van der Waals surface area contributed by atoms with Crippen molar-refractivity contribution in [1.29, 1.82) is 0 Å². The number of aliphatic imine (C=N–C) groups is 2. The Bertz CT molecular complexity index is 1360. The molecule has 38 heavy (non-hydrogen) atoms. The molecule has 1 aromatic carbocycles. The van der Waals surface area contributed by atoms with Crippen molar-refractivity contribution in [2.75, 3.05) is 38.2 Å². The van der Waals surface area contributed by atoms with Crippen LogP contribution in [0.2, 0.25) is 0 Å². The maximum absolute atomic E-state index is 15.0. The number of rotatable bonds is 9. The van der Waals surface area contributed by atoms with E-state index in [1.807, 2.05) is 6.07 Å². The molecular weight excluding hydrogens is 490 g/mol. The molecule has 3 heterocycles. The van der Waals surface area contributed by atoms with Gasteiger partial charge in [0.15, 0.2) is 29.9 Å². The number of anilines is 1. The van der Waals surface area contributed by atoms with Crippen LogP contribution in [0.1, 0.15) is 44.0 Å². The molecule has 3 aromatic rings. The Hall–Kier alpha value is -3.73. The number of nitrogens with zero attached hydrogens (tertiary/aromatic N) is 5. The largest absolute Gasteiger partial charge is 0.468 e. The number of hydrogen-bond acceptors (Lipinski definition) is 6. The Kier molecular flexibility index (Phi) is 7.46. The molecule has 11 heteroatoms. The number of fused-ring (bicyclic) bond motifs is 1. The Balaban J connectivity index is 1.36. The van der Waals surface area contributed by atoms with Crippen LogP contribution in [0.25, 0.3) is 10.9 Å².